The number of imidazole rings is 1. The summed E-state index contributed by atoms with van der Waals surface area (Å²) in [7, 11) is 0. The summed E-state index contributed by atoms with van der Waals surface area (Å²) in [4.78, 5) is 30.9. The first-order valence-corrected chi connectivity index (χ1v) is 15.0. The van der Waals surface area contributed by atoms with Crippen molar-refractivity contribution in [3.63, 3.8) is 0 Å². The number of alkyl halides is 1. The van der Waals surface area contributed by atoms with E-state index in [2.05, 4.69) is 71.4 Å². The Balaban J connectivity index is 1.17. The summed E-state index contributed by atoms with van der Waals surface area (Å²) in [5.74, 6) is 0.775. The minimum absolute atomic E-state index is 0.132. The third-order valence-corrected chi connectivity index (χ3v) is 8.80. The number of hydrogen-bond donors (Lipinski definition) is 1. The van der Waals surface area contributed by atoms with Gasteiger partial charge in [0.15, 0.2) is 5.16 Å². The first-order chi connectivity index (χ1) is 17.1. The number of halogens is 1. The number of amides is 1. The number of anilines is 1. The number of likely N-dealkylation sites (tertiary alicyclic amines) is 2. The van der Waals surface area contributed by atoms with E-state index in [1.807, 2.05) is 0 Å². The van der Waals surface area contributed by atoms with Crippen LogP contribution in [-0.4, -0.2) is 67.7 Å². The van der Waals surface area contributed by atoms with E-state index in [0.29, 0.717) is 17.9 Å². The molecular weight excluding hydrogens is 573 g/mol. The van der Waals surface area contributed by atoms with E-state index >= 15 is 0 Å². The van der Waals surface area contributed by atoms with E-state index < -0.39 is 0 Å². The van der Waals surface area contributed by atoms with Crippen LogP contribution in [0.4, 0.5) is 5.95 Å². The first-order valence-electron chi connectivity index (χ1n) is 12.2. The smallest absolute Gasteiger partial charge is 0.225 e. The molecule has 5 rings (SSSR count). The second-order valence-corrected chi connectivity index (χ2v) is 11.0. The fourth-order valence-electron chi connectivity index (χ4n) is 5.35. The van der Waals surface area contributed by atoms with Crippen molar-refractivity contribution >= 4 is 57.2 Å². The van der Waals surface area contributed by atoms with Gasteiger partial charge in [-0.05, 0) is 62.7 Å². The van der Waals surface area contributed by atoms with Gasteiger partial charge in [0.25, 0.3) is 0 Å². The Morgan fingerprint density at radius 2 is 1.80 bits per heavy atom. The second-order valence-electron chi connectivity index (χ2n) is 9.48. The minimum Gasteiger partial charge on any atom is -0.368 e. The maximum Gasteiger partial charge on any atom is 0.225 e. The van der Waals surface area contributed by atoms with Crippen molar-refractivity contribution in [3.05, 3.63) is 41.7 Å². The van der Waals surface area contributed by atoms with Crippen molar-refractivity contribution in [2.75, 3.05) is 38.2 Å². The van der Waals surface area contributed by atoms with Gasteiger partial charge in [0, 0.05) is 54.0 Å². The quantitative estimate of drug-likeness (QED) is 0.257. The zero-order valence-electron chi connectivity index (χ0n) is 20.1. The number of thioether (sulfide) groups is 1. The summed E-state index contributed by atoms with van der Waals surface area (Å²) in [6.45, 7) is 4.31. The minimum atomic E-state index is 0.132. The lowest BCUT2D eigenvalue weighted by Gasteiger charge is -2.38. The maximum absolute atomic E-state index is 13.3. The van der Waals surface area contributed by atoms with Gasteiger partial charge in [-0.15, -0.1) is 0 Å². The normalized spacial score (nSPS) is 18.4. The molecule has 2 aromatic heterocycles. The zero-order valence-corrected chi connectivity index (χ0v) is 23.0. The number of fused-ring (bicyclic) bond motifs is 1. The largest absolute Gasteiger partial charge is 0.368 e. The van der Waals surface area contributed by atoms with E-state index in [9.17, 15) is 4.79 Å². The van der Waals surface area contributed by atoms with Gasteiger partial charge in [-0.2, -0.15) is 0 Å². The van der Waals surface area contributed by atoms with E-state index in [1.54, 1.807) is 24.2 Å². The molecule has 2 aliphatic rings. The molecule has 1 aromatic carbocycles. The molecule has 0 bridgehead atoms. The van der Waals surface area contributed by atoms with Gasteiger partial charge in [-0.25, -0.2) is 15.0 Å². The second kappa shape index (κ2) is 11.0. The van der Waals surface area contributed by atoms with Crippen LogP contribution in [0.1, 0.15) is 42.9 Å². The number of nitrogen functional groups attached to an aromatic ring is 1. The number of aromatic nitrogens is 4. The Hall–Kier alpha value is -1.92. The van der Waals surface area contributed by atoms with Crippen LogP contribution < -0.4 is 5.73 Å². The average Bonchev–Trinajstić information content (AvgIpc) is 3.28. The highest BCUT2D eigenvalue weighted by Crippen LogP contribution is 2.33. The topological polar surface area (TPSA) is 93.2 Å². The van der Waals surface area contributed by atoms with E-state index in [-0.39, 0.29) is 5.92 Å². The Morgan fingerprint density at radius 1 is 1.09 bits per heavy atom. The number of nitrogens with zero attached hydrogens (tertiary/aromatic N) is 6. The fourth-order valence-corrected chi connectivity index (χ4v) is 6.46. The zero-order chi connectivity index (χ0) is 24.4. The van der Waals surface area contributed by atoms with Crippen LogP contribution in [0.2, 0.25) is 0 Å². The van der Waals surface area contributed by atoms with Gasteiger partial charge in [0.05, 0.1) is 11.0 Å². The molecule has 2 N–H and O–H groups in total. The Morgan fingerprint density at radius 3 is 2.46 bits per heavy atom. The van der Waals surface area contributed by atoms with Crippen molar-refractivity contribution < 1.29 is 4.79 Å². The number of nitrogens with two attached hydrogens (primary N) is 1. The van der Waals surface area contributed by atoms with E-state index in [0.717, 1.165) is 79.1 Å². The van der Waals surface area contributed by atoms with Gasteiger partial charge in [-0.1, -0.05) is 40.4 Å². The predicted molar refractivity (Wildman–Crippen MR) is 149 cm³/mol. The summed E-state index contributed by atoms with van der Waals surface area (Å²) in [5.41, 5.74) is 10.3. The van der Waals surface area contributed by atoms with Gasteiger partial charge >= 0.3 is 0 Å². The third-order valence-electron chi connectivity index (χ3n) is 7.27. The van der Waals surface area contributed by atoms with E-state index in [1.165, 1.54) is 11.1 Å². The molecule has 0 radical (unpaired) electrons. The lowest BCUT2D eigenvalue weighted by molar-refractivity contribution is -0.138. The Labute approximate surface area is 224 Å². The number of benzene rings is 1. The van der Waals surface area contributed by atoms with Crippen molar-refractivity contribution in [2.45, 2.75) is 47.9 Å². The van der Waals surface area contributed by atoms with Gasteiger partial charge in [-0.3, -0.25) is 9.69 Å². The van der Waals surface area contributed by atoms with Crippen LogP contribution in [0.5, 0.6) is 0 Å². The van der Waals surface area contributed by atoms with Crippen molar-refractivity contribution in [1.29, 1.82) is 0 Å². The van der Waals surface area contributed by atoms with Crippen molar-refractivity contribution in [1.82, 2.24) is 29.3 Å². The molecule has 3 aromatic rings. The molecule has 186 valence electrons. The Bertz CT molecular complexity index is 1170. The van der Waals surface area contributed by atoms with Crippen LogP contribution in [0.25, 0.3) is 11.0 Å². The molecule has 0 spiro atoms. The van der Waals surface area contributed by atoms with Crippen LogP contribution in [0.15, 0.2) is 35.7 Å². The van der Waals surface area contributed by atoms with Gasteiger partial charge < -0.3 is 15.2 Å². The SMILES string of the molecule is CSc1nc2cc(CI)ccc2n1C1CCN(C(=O)C2CCN(Cc3cnc(N)nc3)CC2)CC1. The Kier molecular flexibility index (Phi) is 7.78. The molecule has 35 heavy (non-hydrogen) atoms. The van der Waals surface area contributed by atoms with Crippen molar-refractivity contribution in [3.8, 4) is 0 Å². The van der Waals surface area contributed by atoms with E-state index in [4.69, 9.17) is 10.7 Å². The highest BCUT2D eigenvalue weighted by molar-refractivity contribution is 14.1. The standard InChI is InChI=1S/C25H32IN7OS/c1-35-25-30-21-12-17(13-26)2-3-22(21)33(25)20-6-10-32(11-7-20)23(34)19-4-8-31(9-5-19)16-18-14-28-24(27)29-15-18/h2-3,12,14-15,19-20H,4-11,13,16H2,1H3,(H2,27,28,29). The monoisotopic (exact) mass is 605 g/mol. The molecule has 2 fully saturated rings. The average molecular weight is 606 g/mol. The van der Waals surface area contributed by atoms with Crippen LogP contribution in [0.3, 0.4) is 0 Å². The molecule has 4 heterocycles. The molecule has 0 unspecified atom stereocenters. The lowest BCUT2D eigenvalue weighted by Crippen LogP contribution is -2.45. The summed E-state index contributed by atoms with van der Waals surface area (Å²) < 4.78 is 3.41. The summed E-state index contributed by atoms with van der Waals surface area (Å²) in [6, 6.07) is 7.03. The maximum atomic E-state index is 13.3. The molecule has 10 heteroatoms. The van der Waals surface area contributed by atoms with Crippen molar-refractivity contribution in [2.24, 2.45) is 5.92 Å². The number of carbonyl (C=O) groups excluding carboxylic acids is 1. The molecule has 2 aliphatic heterocycles. The predicted octanol–water partition coefficient (Wildman–Crippen LogP) is 4.14. The molecule has 8 nitrogen and oxygen atoms in total. The molecule has 0 aliphatic carbocycles. The molecule has 1 amide bonds. The molecule has 2 saturated heterocycles. The first kappa shape index (κ1) is 24.8. The molecule has 0 atom stereocenters. The van der Waals surface area contributed by atoms with Crippen LogP contribution in [0, 0.1) is 5.92 Å². The summed E-state index contributed by atoms with van der Waals surface area (Å²) in [6.07, 6.45) is 9.47. The lowest BCUT2D eigenvalue weighted by atomic mass is 9.93. The summed E-state index contributed by atoms with van der Waals surface area (Å²) >= 11 is 4.11. The van der Waals surface area contributed by atoms with Crippen LogP contribution in [-0.2, 0) is 15.8 Å². The number of rotatable bonds is 6. The number of carbonyl (C=O) groups is 1. The molecule has 0 saturated carbocycles. The number of piperidine rings is 2. The highest BCUT2D eigenvalue weighted by Gasteiger charge is 2.32. The number of hydrogen-bond acceptors (Lipinski definition) is 7. The van der Waals surface area contributed by atoms with Gasteiger partial charge in [0.1, 0.15) is 0 Å². The van der Waals surface area contributed by atoms with Crippen LogP contribution >= 0.6 is 34.4 Å². The third kappa shape index (κ3) is 5.43. The highest BCUT2D eigenvalue weighted by atomic mass is 127. The van der Waals surface area contributed by atoms with Gasteiger partial charge in [0.2, 0.25) is 11.9 Å². The summed E-state index contributed by atoms with van der Waals surface area (Å²) in [5, 5.41) is 1.08. The fraction of sp³-hybridized carbons (Fsp3) is 0.520. The molecular formula is C25H32IN7OS.